The predicted molar refractivity (Wildman–Crippen MR) is 122 cm³/mol. The van der Waals surface area contributed by atoms with Gasteiger partial charge in [-0.25, -0.2) is 0 Å². The second kappa shape index (κ2) is 9.70. The first kappa shape index (κ1) is 21.0. The molecule has 158 valence electrons. The molecular weight excluding hydrogens is 466 g/mol. The van der Waals surface area contributed by atoms with Crippen molar-refractivity contribution in [2.75, 3.05) is 29.1 Å². The zero-order valence-corrected chi connectivity index (χ0v) is 19.2. The summed E-state index contributed by atoms with van der Waals surface area (Å²) in [6, 6.07) is 11.4. The first-order chi connectivity index (χ1) is 14.6. The summed E-state index contributed by atoms with van der Waals surface area (Å²) >= 11 is 4.80. The van der Waals surface area contributed by atoms with Crippen molar-refractivity contribution in [1.82, 2.24) is 14.8 Å². The summed E-state index contributed by atoms with van der Waals surface area (Å²) in [6.07, 6.45) is 3.95. The molecule has 0 spiro atoms. The maximum absolute atomic E-state index is 12.4. The van der Waals surface area contributed by atoms with Gasteiger partial charge in [-0.05, 0) is 49.1 Å². The Morgan fingerprint density at radius 3 is 2.83 bits per heavy atom. The number of nitrogens with zero attached hydrogens (tertiary/aromatic N) is 4. The van der Waals surface area contributed by atoms with Crippen LogP contribution in [0, 0.1) is 5.92 Å². The van der Waals surface area contributed by atoms with Crippen LogP contribution >= 0.6 is 27.7 Å². The van der Waals surface area contributed by atoms with Gasteiger partial charge in [-0.3, -0.25) is 9.36 Å². The molecule has 3 aromatic rings. The third-order valence-corrected chi connectivity index (χ3v) is 6.56. The normalized spacial score (nSPS) is 14.8. The quantitative estimate of drug-likeness (QED) is 0.486. The lowest BCUT2D eigenvalue weighted by atomic mass is 10.00. The number of nitrogens with one attached hydrogen (secondary N) is 1. The fraction of sp³-hybridized carbons (Fsp3) is 0.381. The van der Waals surface area contributed by atoms with Gasteiger partial charge in [0, 0.05) is 23.2 Å². The lowest BCUT2D eigenvalue weighted by Crippen LogP contribution is -2.35. The van der Waals surface area contributed by atoms with Crippen molar-refractivity contribution in [2.24, 2.45) is 5.92 Å². The van der Waals surface area contributed by atoms with Gasteiger partial charge in [0.05, 0.1) is 18.6 Å². The van der Waals surface area contributed by atoms with Gasteiger partial charge in [-0.15, -0.1) is 10.2 Å². The van der Waals surface area contributed by atoms with Crippen molar-refractivity contribution < 1.29 is 9.21 Å². The van der Waals surface area contributed by atoms with Gasteiger partial charge >= 0.3 is 0 Å². The molecule has 0 radical (unpaired) electrons. The average Bonchev–Trinajstić information content (AvgIpc) is 3.38. The van der Waals surface area contributed by atoms with Gasteiger partial charge in [0.1, 0.15) is 5.76 Å². The highest BCUT2D eigenvalue weighted by Crippen LogP contribution is 2.27. The number of piperidine rings is 1. The molecule has 1 aliphatic heterocycles. The maximum Gasteiger partial charge on any atom is 0.234 e. The first-order valence-electron chi connectivity index (χ1n) is 9.97. The topological polar surface area (TPSA) is 76.2 Å². The smallest absolute Gasteiger partial charge is 0.234 e. The van der Waals surface area contributed by atoms with Crippen molar-refractivity contribution in [1.29, 1.82) is 0 Å². The SMILES string of the molecule is CC1CCN(c2nnc(SCC(=O)Nc3cccc(Br)c3)n2Cc2ccco2)CC1. The zero-order valence-electron chi connectivity index (χ0n) is 16.8. The number of hydrogen-bond donors (Lipinski definition) is 1. The van der Waals surface area contributed by atoms with Crippen molar-refractivity contribution in [3.8, 4) is 0 Å². The molecule has 1 N–H and O–H groups in total. The van der Waals surface area contributed by atoms with E-state index in [0.29, 0.717) is 11.7 Å². The number of amides is 1. The number of furan rings is 1. The van der Waals surface area contributed by atoms with E-state index in [1.807, 2.05) is 41.0 Å². The minimum absolute atomic E-state index is 0.0843. The number of hydrogen-bond acceptors (Lipinski definition) is 6. The molecule has 1 amide bonds. The van der Waals surface area contributed by atoms with Crippen molar-refractivity contribution in [2.45, 2.75) is 31.5 Å². The van der Waals surface area contributed by atoms with Crippen LogP contribution in [0.25, 0.3) is 0 Å². The predicted octanol–water partition coefficient (Wildman–Crippen LogP) is 4.65. The molecule has 2 aromatic heterocycles. The van der Waals surface area contributed by atoms with Crippen LogP contribution in [0.5, 0.6) is 0 Å². The molecule has 4 rings (SSSR count). The molecule has 1 aliphatic rings. The van der Waals surface area contributed by atoms with E-state index in [1.54, 1.807) is 6.26 Å². The summed E-state index contributed by atoms with van der Waals surface area (Å²) in [7, 11) is 0. The van der Waals surface area contributed by atoms with Gasteiger partial charge in [0.15, 0.2) is 5.16 Å². The van der Waals surface area contributed by atoms with E-state index in [9.17, 15) is 4.79 Å². The number of benzene rings is 1. The molecule has 3 heterocycles. The summed E-state index contributed by atoms with van der Waals surface area (Å²) in [5, 5.41) is 12.5. The molecular formula is C21H24BrN5O2S. The van der Waals surface area contributed by atoms with Crippen molar-refractivity contribution in [3.05, 3.63) is 52.9 Å². The zero-order chi connectivity index (χ0) is 20.9. The molecule has 0 aliphatic carbocycles. The highest BCUT2D eigenvalue weighted by molar-refractivity contribution is 9.10. The molecule has 30 heavy (non-hydrogen) atoms. The van der Waals surface area contributed by atoms with Crippen molar-refractivity contribution >= 4 is 45.2 Å². The first-order valence-corrected chi connectivity index (χ1v) is 11.7. The molecule has 0 unspecified atom stereocenters. The monoisotopic (exact) mass is 489 g/mol. The van der Waals surface area contributed by atoms with Gasteiger partial charge in [0.25, 0.3) is 0 Å². The molecule has 1 saturated heterocycles. The van der Waals surface area contributed by atoms with Crippen LogP contribution in [0.2, 0.25) is 0 Å². The summed E-state index contributed by atoms with van der Waals surface area (Å²) < 4.78 is 8.52. The van der Waals surface area contributed by atoms with Gasteiger partial charge in [-0.2, -0.15) is 0 Å². The summed E-state index contributed by atoms with van der Waals surface area (Å²) in [4.78, 5) is 14.7. The minimum Gasteiger partial charge on any atom is -0.467 e. The Balaban J connectivity index is 1.47. The molecule has 0 atom stereocenters. The standard InChI is InChI=1S/C21H24BrN5O2S/c1-15-7-9-26(10-8-15)20-24-25-21(27(20)13-18-6-3-11-29-18)30-14-19(28)23-17-5-2-4-16(22)12-17/h2-6,11-12,15H,7-10,13-14H2,1H3,(H,23,28). The Morgan fingerprint density at radius 1 is 1.27 bits per heavy atom. The van der Waals surface area contributed by atoms with Crippen LogP contribution in [0.1, 0.15) is 25.5 Å². The average molecular weight is 490 g/mol. The van der Waals surface area contributed by atoms with Crippen LogP contribution in [-0.2, 0) is 11.3 Å². The van der Waals surface area contributed by atoms with Crippen LogP contribution in [-0.4, -0.2) is 39.5 Å². The molecule has 1 aromatic carbocycles. The second-order valence-corrected chi connectivity index (χ2v) is 9.32. The molecule has 7 nitrogen and oxygen atoms in total. The van der Waals surface area contributed by atoms with Crippen LogP contribution in [0.4, 0.5) is 11.6 Å². The van der Waals surface area contributed by atoms with E-state index in [-0.39, 0.29) is 11.7 Å². The molecule has 1 fully saturated rings. The maximum atomic E-state index is 12.4. The summed E-state index contributed by atoms with van der Waals surface area (Å²) in [5.41, 5.74) is 0.759. The number of aromatic nitrogens is 3. The second-order valence-electron chi connectivity index (χ2n) is 7.46. The van der Waals surface area contributed by atoms with Gasteiger partial charge < -0.3 is 14.6 Å². The van der Waals surface area contributed by atoms with E-state index in [2.05, 4.69) is 43.3 Å². The van der Waals surface area contributed by atoms with E-state index in [0.717, 1.165) is 53.7 Å². The van der Waals surface area contributed by atoms with Crippen LogP contribution < -0.4 is 10.2 Å². The lowest BCUT2D eigenvalue weighted by molar-refractivity contribution is -0.113. The van der Waals surface area contributed by atoms with Gasteiger partial charge in [-0.1, -0.05) is 40.7 Å². The fourth-order valence-corrected chi connectivity index (χ4v) is 4.55. The Labute approximate surface area is 188 Å². The number of carbonyl (C=O) groups excluding carboxylic acids is 1. The van der Waals surface area contributed by atoms with Gasteiger partial charge in [0.2, 0.25) is 11.9 Å². The lowest BCUT2D eigenvalue weighted by Gasteiger charge is -2.31. The van der Waals surface area contributed by atoms with E-state index < -0.39 is 0 Å². The molecule has 9 heteroatoms. The number of carbonyl (C=O) groups is 1. The third-order valence-electron chi connectivity index (χ3n) is 5.10. The molecule has 0 bridgehead atoms. The minimum atomic E-state index is -0.0843. The highest BCUT2D eigenvalue weighted by Gasteiger charge is 2.23. The number of anilines is 2. The number of thioether (sulfide) groups is 1. The van der Waals surface area contributed by atoms with E-state index in [1.165, 1.54) is 11.8 Å². The number of halogens is 1. The summed E-state index contributed by atoms with van der Waals surface area (Å²) in [5.74, 6) is 2.58. The van der Waals surface area contributed by atoms with E-state index in [4.69, 9.17) is 4.42 Å². The fourth-order valence-electron chi connectivity index (χ4n) is 3.42. The van der Waals surface area contributed by atoms with Crippen LogP contribution in [0.3, 0.4) is 0 Å². The Morgan fingerprint density at radius 2 is 2.10 bits per heavy atom. The largest absolute Gasteiger partial charge is 0.467 e. The Bertz CT molecular complexity index is 983. The summed E-state index contributed by atoms with van der Waals surface area (Å²) in [6.45, 7) is 4.75. The van der Waals surface area contributed by atoms with Crippen LogP contribution in [0.15, 0.2) is 56.7 Å². The highest BCUT2D eigenvalue weighted by atomic mass is 79.9. The number of rotatable bonds is 7. The van der Waals surface area contributed by atoms with Crippen molar-refractivity contribution in [3.63, 3.8) is 0 Å². The molecule has 0 saturated carbocycles. The Hall–Kier alpha value is -2.26. The Kier molecular flexibility index (Phi) is 6.79. The van der Waals surface area contributed by atoms with E-state index >= 15 is 0 Å². The third kappa shape index (κ3) is 5.26.